The van der Waals surface area contributed by atoms with Gasteiger partial charge in [-0.3, -0.25) is 9.69 Å². The fraction of sp³-hybridized carbons (Fsp3) is 0.556. The van der Waals surface area contributed by atoms with E-state index in [1.54, 1.807) is 0 Å². The van der Waals surface area contributed by atoms with E-state index < -0.39 is 17.7 Å². The summed E-state index contributed by atoms with van der Waals surface area (Å²) in [6, 6.07) is 8.90. The molecular formula is C18H24N2O4. The number of rotatable bonds is 4. The summed E-state index contributed by atoms with van der Waals surface area (Å²) in [5.74, 6) is -1.12. The van der Waals surface area contributed by atoms with Gasteiger partial charge in [0.15, 0.2) is 6.04 Å². The molecule has 1 N–H and O–H groups in total. The molecule has 0 saturated carbocycles. The third-order valence-corrected chi connectivity index (χ3v) is 5.05. The number of carboxylic acids is 1. The first-order chi connectivity index (χ1) is 11.5. The van der Waals surface area contributed by atoms with Crippen molar-refractivity contribution in [2.75, 3.05) is 26.7 Å². The molecule has 1 atom stereocenters. The van der Waals surface area contributed by atoms with Gasteiger partial charge in [0.1, 0.15) is 5.72 Å². The van der Waals surface area contributed by atoms with Crippen molar-refractivity contribution in [2.45, 2.75) is 37.5 Å². The molecule has 1 aromatic rings. The molecule has 24 heavy (non-hydrogen) atoms. The van der Waals surface area contributed by atoms with Gasteiger partial charge in [0.2, 0.25) is 5.91 Å². The van der Waals surface area contributed by atoms with Gasteiger partial charge in [-0.2, -0.15) is 0 Å². The van der Waals surface area contributed by atoms with E-state index in [1.165, 1.54) is 4.90 Å². The zero-order chi connectivity index (χ0) is 17.2. The van der Waals surface area contributed by atoms with Gasteiger partial charge in [0.05, 0.1) is 6.61 Å². The molecule has 1 spiro atoms. The van der Waals surface area contributed by atoms with Crippen LogP contribution in [0.4, 0.5) is 0 Å². The highest BCUT2D eigenvalue weighted by molar-refractivity contribution is 5.85. The van der Waals surface area contributed by atoms with Crippen molar-refractivity contribution < 1.29 is 19.4 Å². The summed E-state index contributed by atoms with van der Waals surface area (Å²) in [5.41, 5.74) is 0.332. The predicted octanol–water partition coefficient (Wildman–Crippen LogP) is 1.35. The molecule has 2 aliphatic heterocycles. The number of likely N-dealkylation sites (tertiary alicyclic amines) is 1. The van der Waals surface area contributed by atoms with Crippen molar-refractivity contribution in [3.05, 3.63) is 35.9 Å². The number of ether oxygens (including phenoxy) is 1. The number of carboxylic acid groups (broad SMARTS) is 1. The van der Waals surface area contributed by atoms with E-state index in [4.69, 9.17) is 4.74 Å². The molecule has 0 aliphatic carbocycles. The number of aryl methyl sites for hydroxylation is 1. The van der Waals surface area contributed by atoms with Crippen LogP contribution in [0.15, 0.2) is 30.3 Å². The standard InChI is InChI=1S/C18H24N2O4/c1-19-11-9-18(10-12-19)20(15(13-24-18)17(22)23)16(21)8-7-14-5-3-2-4-6-14/h2-6,15H,7-13H2,1H3,(H,22,23)/t15-/m1/s1. The number of aliphatic carboxylic acids is 1. The molecule has 1 amide bonds. The maximum atomic E-state index is 12.9. The number of hydrogen-bond donors (Lipinski definition) is 1. The molecule has 1 aromatic carbocycles. The molecule has 2 saturated heterocycles. The van der Waals surface area contributed by atoms with Crippen LogP contribution >= 0.6 is 0 Å². The quantitative estimate of drug-likeness (QED) is 0.901. The van der Waals surface area contributed by atoms with Crippen molar-refractivity contribution in [1.82, 2.24) is 9.80 Å². The number of benzene rings is 1. The van der Waals surface area contributed by atoms with Crippen LogP contribution in [0, 0.1) is 0 Å². The van der Waals surface area contributed by atoms with E-state index in [9.17, 15) is 14.7 Å². The Bertz CT molecular complexity index is 596. The maximum Gasteiger partial charge on any atom is 0.328 e. The van der Waals surface area contributed by atoms with Gasteiger partial charge in [0.25, 0.3) is 0 Å². The van der Waals surface area contributed by atoms with Crippen molar-refractivity contribution in [1.29, 1.82) is 0 Å². The summed E-state index contributed by atoms with van der Waals surface area (Å²) >= 11 is 0. The lowest BCUT2D eigenvalue weighted by molar-refractivity contribution is -0.165. The molecule has 2 heterocycles. The Kier molecular flexibility index (Phi) is 4.87. The molecule has 0 aromatic heterocycles. The second kappa shape index (κ2) is 6.91. The average Bonchev–Trinajstić information content (AvgIpc) is 2.96. The van der Waals surface area contributed by atoms with E-state index >= 15 is 0 Å². The highest BCUT2D eigenvalue weighted by Crippen LogP contribution is 2.37. The lowest BCUT2D eigenvalue weighted by Gasteiger charge is -2.43. The molecule has 0 unspecified atom stereocenters. The summed E-state index contributed by atoms with van der Waals surface area (Å²) in [4.78, 5) is 28.1. The summed E-state index contributed by atoms with van der Waals surface area (Å²) in [6.07, 6.45) is 2.22. The summed E-state index contributed by atoms with van der Waals surface area (Å²) in [6.45, 7) is 1.68. The monoisotopic (exact) mass is 332 g/mol. The maximum absolute atomic E-state index is 12.9. The Morgan fingerprint density at radius 2 is 1.92 bits per heavy atom. The Balaban J connectivity index is 1.74. The minimum Gasteiger partial charge on any atom is -0.480 e. The van der Waals surface area contributed by atoms with E-state index in [-0.39, 0.29) is 12.5 Å². The van der Waals surface area contributed by atoms with Crippen molar-refractivity contribution in [3.8, 4) is 0 Å². The molecular weight excluding hydrogens is 308 g/mol. The summed E-state index contributed by atoms with van der Waals surface area (Å²) < 4.78 is 5.89. The van der Waals surface area contributed by atoms with Crippen molar-refractivity contribution in [2.24, 2.45) is 0 Å². The van der Waals surface area contributed by atoms with Gasteiger partial charge in [-0.15, -0.1) is 0 Å². The zero-order valence-corrected chi connectivity index (χ0v) is 14.0. The lowest BCUT2D eigenvalue weighted by atomic mass is 9.97. The molecule has 0 bridgehead atoms. The Labute approximate surface area is 142 Å². The normalized spacial score (nSPS) is 23.5. The molecule has 2 fully saturated rings. The number of carbonyl (C=O) groups is 2. The number of amides is 1. The van der Waals surface area contributed by atoms with Gasteiger partial charge in [0, 0.05) is 32.4 Å². The second-order valence-electron chi connectivity index (χ2n) is 6.66. The van der Waals surface area contributed by atoms with Crippen LogP contribution in [-0.4, -0.2) is 65.3 Å². The fourth-order valence-corrected chi connectivity index (χ4v) is 3.61. The Morgan fingerprint density at radius 1 is 1.25 bits per heavy atom. The third-order valence-electron chi connectivity index (χ3n) is 5.05. The van der Waals surface area contributed by atoms with Gasteiger partial charge in [-0.05, 0) is 19.0 Å². The van der Waals surface area contributed by atoms with Crippen molar-refractivity contribution >= 4 is 11.9 Å². The summed E-state index contributed by atoms with van der Waals surface area (Å²) in [7, 11) is 2.03. The van der Waals surface area contributed by atoms with Gasteiger partial charge in [-0.1, -0.05) is 30.3 Å². The van der Waals surface area contributed by atoms with Crippen LogP contribution in [0.3, 0.4) is 0 Å². The van der Waals surface area contributed by atoms with Crippen LogP contribution in [-0.2, 0) is 20.7 Å². The topological polar surface area (TPSA) is 70.1 Å². The minimum atomic E-state index is -0.987. The summed E-state index contributed by atoms with van der Waals surface area (Å²) in [5, 5.41) is 9.50. The highest BCUT2D eigenvalue weighted by atomic mass is 16.5. The zero-order valence-electron chi connectivity index (χ0n) is 14.0. The van der Waals surface area contributed by atoms with E-state index in [1.807, 2.05) is 37.4 Å². The minimum absolute atomic E-state index is 0.0795. The van der Waals surface area contributed by atoms with Gasteiger partial charge in [-0.25, -0.2) is 4.79 Å². The first-order valence-corrected chi connectivity index (χ1v) is 8.43. The van der Waals surface area contributed by atoms with Gasteiger partial charge >= 0.3 is 5.97 Å². The molecule has 130 valence electrons. The van der Waals surface area contributed by atoms with Gasteiger partial charge < -0.3 is 14.7 Å². The second-order valence-corrected chi connectivity index (χ2v) is 6.66. The predicted molar refractivity (Wildman–Crippen MR) is 88.4 cm³/mol. The molecule has 3 rings (SSSR count). The van der Waals surface area contributed by atoms with E-state index in [0.717, 1.165) is 18.7 Å². The number of carbonyl (C=O) groups excluding carboxylic acids is 1. The largest absolute Gasteiger partial charge is 0.480 e. The first-order valence-electron chi connectivity index (χ1n) is 8.43. The van der Waals surface area contributed by atoms with E-state index in [2.05, 4.69) is 4.90 Å². The molecule has 6 nitrogen and oxygen atoms in total. The smallest absolute Gasteiger partial charge is 0.328 e. The van der Waals surface area contributed by atoms with E-state index in [0.29, 0.717) is 25.7 Å². The number of nitrogens with zero attached hydrogens (tertiary/aromatic N) is 2. The third kappa shape index (κ3) is 3.30. The Hall–Kier alpha value is -1.92. The SMILES string of the molecule is CN1CCC2(CC1)OC[C@H](C(=O)O)N2C(=O)CCc1ccccc1. The lowest BCUT2D eigenvalue weighted by Crippen LogP contribution is -2.57. The van der Waals surface area contributed by atoms with Crippen LogP contribution < -0.4 is 0 Å². The highest BCUT2D eigenvalue weighted by Gasteiger charge is 2.53. The van der Waals surface area contributed by atoms with Crippen LogP contribution in [0.1, 0.15) is 24.8 Å². The molecule has 0 radical (unpaired) electrons. The van der Waals surface area contributed by atoms with Crippen LogP contribution in [0.2, 0.25) is 0 Å². The van der Waals surface area contributed by atoms with Crippen LogP contribution in [0.5, 0.6) is 0 Å². The molecule has 2 aliphatic rings. The van der Waals surface area contributed by atoms with Crippen molar-refractivity contribution in [3.63, 3.8) is 0 Å². The molecule has 6 heteroatoms. The fourth-order valence-electron chi connectivity index (χ4n) is 3.61. The average molecular weight is 332 g/mol. The van der Waals surface area contributed by atoms with Crippen LogP contribution in [0.25, 0.3) is 0 Å². The first kappa shape index (κ1) is 16.9. The Morgan fingerprint density at radius 3 is 2.54 bits per heavy atom. The number of hydrogen-bond acceptors (Lipinski definition) is 4. The number of piperidine rings is 1.